The van der Waals surface area contributed by atoms with Crippen LogP contribution >= 0.6 is 18.9 Å². The van der Waals surface area contributed by atoms with E-state index in [9.17, 15) is 0 Å². The standard InChI is InChI=1S/Cu.HO2P.S/c;1-3-2;/h;3H;. The van der Waals surface area contributed by atoms with E-state index in [0.717, 1.165) is 0 Å². The maximum absolute atomic E-state index is 8.40. The van der Waals surface area contributed by atoms with Gasteiger partial charge in [0.1, 0.15) is 0 Å². The molecule has 0 saturated heterocycles. The van der Waals surface area contributed by atoms with E-state index in [1.165, 1.54) is 0 Å². The van der Waals surface area contributed by atoms with Gasteiger partial charge in [0.25, 0.3) is 0 Å². The van der Waals surface area contributed by atoms with E-state index >= 15 is 0 Å². The van der Waals surface area contributed by atoms with E-state index in [-0.39, 0.29) is 0 Å². The van der Waals surface area contributed by atoms with Crippen LogP contribution in [0.15, 0.2) is 0 Å². The molecule has 0 radical (unpaired) electrons. The van der Waals surface area contributed by atoms with Crippen molar-refractivity contribution in [2.75, 3.05) is 0 Å². The predicted molar refractivity (Wildman–Crippen MR) is 17.3 cm³/mol. The normalized spacial score (nSPS) is 3.60. The fourth-order valence-electron chi connectivity index (χ4n) is 0. The maximum atomic E-state index is 8.40. The van der Waals surface area contributed by atoms with Crippen LogP contribution in [0.3, 0.4) is 0 Å². The van der Waals surface area contributed by atoms with Crippen LogP contribution in [0.2, 0.25) is 0 Å². The summed E-state index contributed by atoms with van der Waals surface area (Å²) >= 11 is 3.77. The average molecular weight is 160 g/mol. The van der Waals surface area contributed by atoms with Gasteiger partial charge >= 0.3 is 33.3 Å². The zero-order valence-electron chi connectivity index (χ0n) is 2.03. The minimum atomic E-state index is -1.42. The van der Waals surface area contributed by atoms with Gasteiger partial charge in [-0.1, -0.05) is 0 Å². The fourth-order valence-corrected chi connectivity index (χ4v) is 0. The van der Waals surface area contributed by atoms with Crippen molar-refractivity contribution in [1.29, 1.82) is 0 Å². The molecule has 0 rings (SSSR count). The van der Waals surface area contributed by atoms with Gasteiger partial charge in [-0.25, -0.2) is 9.13 Å². The summed E-state index contributed by atoms with van der Waals surface area (Å²) in [4.78, 5) is 0. The van der Waals surface area contributed by atoms with Crippen LogP contribution in [0.4, 0.5) is 0 Å². The summed E-state index contributed by atoms with van der Waals surface area (Å²) in [6.07, 6.45) is 0. The van der Waals surface area contributed by atoms with Crippen LogP contribution in [0.1, 0.15) is 0 Å². The summed E-state index contributed by atoms with van der Waals surface area (Å²) in [5.74, 6) is 0. The first-order valence-corrected chi connectivity index (χ1v) is 2.75. The Balaban J connectivity index is 0. The van der Waals surface area contributed by atoms with Gasteiger partial charge in [-0.2, -0.15) is 0 Å². The van der Waals surface area contributed by atoms with E-state index in [0.29, 0.717) is 0 Å². The van der Waals surface area contributed by atoms with Crippen LogP contribution in [-0.2, 0) is 23.5 Å². The van der Waals surface area contributed by atoms with Crippen LogP contribution in [0, 0.1) is 0 Å². The van der Waals surface area contributed by atoms with Crippen molar-refractivity contribution in [3.05, 3.63) is 0 Å². The second-order valence-electron chi connectivity index (χ2n) is 0.0833. The molecule has 5 heavy (non-hydrogen) atoms. The van der Waals surface area contributed by atoms with Crippen molar-refractivity contribution in [3.63, 3.8) is 0 Å². The average Bonchev–Trinajstić information content (AvgIpc) is 1.46. The molecular weight excluding hydrogens is 159 g/mol. The Labute approximate surface area is 42.9 Å². The van der Waals surface area contributed by atoms with Crippen molar-refractivity contribution in [2.45, 2.75) is 0 Å². The van der Waals surface area contributed by atoms with Crippen molar-refractivity contribution in [1.82, 2.24) is 0 Å². The minimum absolute atomic E-state index is 1.42. The van der Waals surface area contributed by atoms with Crippen LogP contribution < -0.4 is 0 Å². The van der Waals surface area contributed by atoms with Gasteiger partial charge in [-0.05, 0) is 0 Å². The molecule has 0 aliphatic rings. The van der Waals surface area contributed by atoms with E-state index in [2.05, 4.69) is 24.9 Å². The van der Waals surface area contributed by atoms with Gasteiger partial charge < -0.3 is 0 Å². The topological polar surface area (TPSA) is 34.1 Å². The zero-order valence-corrected chi connectivity index (χ0v) is 4.78. The van der Waals surface area contributed by atoms with Gasteiger partial charge in [-0.3, -0.25) is 0 Å². The van der Waals surface area contributed by atoms with Gasteiger partial charge in [0.05, 0.1) is 0 Å². The van der Waals surface area contributed by atoms with Crippen LogP contribution in [-0.4, -0.2) is 0 Å². The number of hydrogen-bond donors (Lipinski definition) is 0. The molecule has 0 aromatic rings. The molecule has 0 aliphatic heterocycles. The van der Waals surface area contributed by atoms with E-state index in [1.54, 1.807) is 0 Å². The molecule has 5 heteroatoms. The molecular formula is HCuO2PS. The molecule has 0 heterocycles. The third-order valence-electron chi connectivity index (χ3n) is 0. The van der Waals surface area contributed by atoms with Gasteiger partial charge in [-0.15, -0.1) is 0 Å². The van der Waals surface area contributed by atoms with Crippen molar-refractivity contribution in [3.8, 4) is 0 Å². The second kappa shape index (κ2) is 22.9. The number of hydrogen-bond acceptors (Lipinski definition) is 3. The van der Waals surface area contributed by atoms with E-state index in [1.807, 2.05) is 0 Å². The summed E-state index contributed by atoms with van der Waals surface area (Å²) < 4.78 is 16.8. The predicted octanol–water partition coefficient (Wildman–Crippen LogP) is 1.00. The molecule has 0 amide bonds. The summed E-state index contributed by atoms with van der Waals surface area (Å²) in [5, 5.41) is 0. The van der Waals surface area contributed by atoms with Crippen molar-refractivity contribution < 1.29 is 23.5 Å². The van der Waals surface area contributed by atoms with Gasteiger partial charge in [0.2, 0.25) is 0 Å². The Morgan fingerprint density at radius 2 is 1.40 bits per heavy atom. The molecule has 0 spiro atoms. The third kappa shape index (κ3) is 79.0. The van der Waals surface area contributed by atoms with Crippen LogP contribution in [0.5, 0.6) is 0 Å². The quantitative estimate of drug-likeness (QED) is 0.391. The van der Waals surface area contributed by atoms with Crippen LogP contribution in [0.25, 0.3) is 0 Å². The third-order valence-corrected chi connectivity index (χ3v) is 0. The zero-order chi connectivity index (χ0) is 4.71. The molecule has 0 fully saturated rings. The van der Waals surface area contributed by atoms with E-state index < -0.39 is 8.34 Å². The van der Waals surface area contributed by atoms with Crippen molar-refractivity contribution >= 4 is 18.9 Å². The molecule has 0 aliphatic carbocycles. The molecule has 35 valence electrons. The van der Waals surface area contributed by atoms with E-state index in [4.69, 9.17) is 9.13 Å². The Bertz CT molecular complexity index is 38.9. The molecule has 0 atom stereocenters. The fraction of sp³-hybridized carbons (Fsp3) is 0. The molecule has 0 N–H and O–H groups in total. The number of rotatable bonds is 0. The Kier molecular flexibility index (Phi) is 41.9. The van der Waals surface area contributed by atoms with Gasteiger partial charge in [0.15, 0.2) is 0 Å². The second-order valence-corrected chi connectivity index (χ2v) is 0.250. The summed E-state index contributed by atoms with van der Waals surface area (Å²) in [6, 6.07) is 0. The Hall–Kier alpha value is 0.639. The Morgan fingerprint density at radius 3 is 1.40 bits per heavy atom. The molecule has 0 bridgehead atoms. The molecule has 2 nitrogen and oxygen atoms in total. The first kappa shape index (κ1) is 9.16. The first-order valence-electron chi connectivity index (χ1n) is 0.531. The molecule has 0 aromatic heterocycles. The first-order chi connectivity index (χ1) is 2.41. The van der Waals surface area contributed by atoms with Gasteiger partial charge in [0, 0.05) is 0 Å². The summed E-state index contributed by atoms with van der Waals surface area (Å²) in [6.45, 7) is 0. The summed E-state index contributed by atoms with van der Waals surface area (Å²) in [7, 11) is 2.23. The summed E-state index contributed by atoms with van der Waals surface area (Å²) in [5.41, 5.74) is 0. The van der Waals surface area contributed by atoms with Crippen molar-refractivity contribution in [2.24, 2.45) is 0 Å². The monoisotopic (exact) mass is 159 g/mol. The molecule has 0 unspecified atom stereocenters. The SMILES string of the molecule is O=[PH]=O.[S]=[Cu]. The Morgan fingerprint density at radius 1 is 1.40 bits per heavy atom. The molecule has 0 aromatic carbocycles. The molecule has 0 saturated carbocycles.